The molecule has 2 aliphatic carbocycles. The van der Waals surface area contributed by atoms with Gasteiger partial charge in [0.1, 0.15) is 18.7 Å². The molecule has 3 fully saturated rings. The van der Waals surface area contributed by atoms with Crippen LogP contribution in [0.15, 0.2) is 33.7 Å². The first-order chi connectivity index (χ1) is 15.0. The number of hydrogen-bond acceptors (Lipinski definition) is 5. The Bertz CT molecular complexity index is 1220. The van der Waals surface area contributed by atoms with Crippen LogP contribution in [0.25, 0.3) is 11.1 Å². The van der Waals surface area contributed by atoms with Gasteiger partial charge in [0.2, 0.25) is 5.91 Å². The van der Waals surface area contributed by atoms with Crippen molar-refractivity contribution in [1.29, 1.82) is 0 Å². The van der Waals surface area contributed by atoms with Crippen LogP contribution in [0.5, 0.6) is 0 Å². The van der Waals surface area contributed by atoms with E-state index in [2.05, 4.69) is 14.8 Å². The summed E-state index contributed by atoms with van der Waals surface area (Å²) in [5.41, 5.74) is 1.05. The average Bonchev–Trinajstić information content (AvgIpc) is 3.11. The van der Waals surface area contributed by atoms with Crippen LogP contribution in [-0.4, -0.2) is 43.2 Å². The Morgan fingerprint density at radius 1 is 1.26 bits per heavy atom. The number of amides is 1. The summed E-state index contributed by atoms with van der Waals surface area (Å²) in [4.78, 5) is 27.6. The van der Waals surface area contributed by atoms with Crippen LogP contribution in [0.1, 0.15) is 56.3 Å². The SMILES string of the molecule is O=C(Cn1c(=O)oc2cc(Cl)ccc21)N1CC(c2nncn2C2CC2)C2(CCCC2)C1. The molecular formula is C22H24ClN5O3. The van der Waals surface area contributed by atoms with Crippen LogP contribution in [0.2, 0.25) is 5.02 Å². The second kappa shape index (κ2) is 6.95. The smallest absolute Gasteiger partial charge is 0.408 e. The molecule has 31 heavy (non-hydrogen) atoms. The maximum atomic E-state index is 13.3. The Kier molecular flexibility index (Phi) is 4.28. The quantitative estimate of drug-likeness (QED) is 0.619. The van der Waals surface area contributed by atoms with Crippen LogP contribution >= 0.6 is 11.6 Å². The fourth-order valence-electron chi connectivity index (χ4n) is 5.66. The lowest BCUT2D eigenvalue weighted by Crippen LogP contribution is -2.35. The van der Waals surface area contributed by atoms with E-state index in [-0.39, 0.29) is 23.8 Å². The Hall–Kier alpha value is -2.61. The normalized spacial score (nSPS) is 22.7. The molecule has 0 N–H and O–H groups in total. The van der Waals surface area contributed by atoms with Crippen LogP contribution < -0.4 is 5.76 Å². The number of rotatable bonds is 4. The molecule has 1 amide bonds. The molecule has 8 nitrogen and oxygen atoms in total. The summed E-state index contributed by atoms with van der Waals surface area (Å²) in [7, 11) is 0. The fraction of sp³-hybridized carbons (Fsp3) is 0.545. The van der Waals surface area contributed by atoms with Crippen molar-refractivity contribution in [2.75, 3.05) is 13.1 Å². The van der Waals surface area contributed by atoms with Crippen molar-refractivity contribution in [2.24, 2.45) is 5.41 Å². The molecular weight excluding hydrogens is 418 g/mol. The highest BCUT2D eigenvalue weighted by atomic mass is 35.5. The molecule has 9 heteroatoms. The van der Waals surface area contributed by atoms with Gasteiger partial charge in [-0.1, -0.05) is 24.4 Å². The standard InChI is InChI=1S/C22H24ClN5O3/c23-14-3-6-17-18(9-14)31-21(30)27(17)11-19(29)26-10-16(22(12-26)7-1-2-8-22)20-25-24-13-28(20)15-4-5-15/h3,6,9,13,15-16H,1-2,4-5,7-8,10-12H2. The Morgan fingerprint density at radius 3 is 2.84 bits per heavy atom. The van der Waals surface area contributed by atoms with Crippen molar-refractivity contribution in [1.82, 2.24) is 24.2 Å². The third kappa shape index (κ3) is 3.11. The minimum atomic E-state index is -0.537. The lowest BCUT2D eigenvalue weighted by molar-refractivity contribution is -0.131. The molecule has 3 aromatic rings. The summed E-state index contributed by atoms with van der Waals surface area (Å²) >= 11 is 6.00. The lowest BCUT2D eigenvalue weighted by Gasteiger charge is -2.29. The zero-order valence-corrected chi connectivity index (χ0v) is 17.9. The molecule has 162 valence electrons. The second-order valence-corrected chi connectivity index (χ2v) is 9.73. The Balaban J connectivity index is 1.29. The molecule has 3 heterocycles. The molecule has 6 rings (SSSR count). The highest BCUT2D eigenvalue weighted by molar-refractivity contribution is 6.31. The van der Waals surface area contributed by atoms with E-state index < -0.39 is 5.76 Å². The number of halogens is 1. The second-order valence-electron chi connectivity index (χ2n) is 9.29. The van der Waals surface area contributed by atoms with Gasteiger partial charge in [0.05, 0.1) is 5.52 Å². The molecule has 2 aromatic heterocycles. The van der Waals surface area contributed by atoms with Crippen LogP contribution in [0.3, 0.4) is 0 Å². The van der Waals surface area contributed by atoms with Gasteiger partial charge in [0, 0.05) is 36.1 Å². The number of nitrogens with zero attached hydrogens (tertiary/aromatic N) is 5. The third-order valence-electron chi connectivity index (χ3n) is 7.38. The van der Waals surface area contributed by atoms with E-state index in [0.717, 1.165) is 18.7 Å². The Morgan fingerprint density at radius 2 is 2.06 bits per heavy atom. The number of carbonyl (C=O) groups is 1. The summed E-state index contributed by atoms with van der Waals surface area (Å²) < 4.78 is 8.93. The molecule has 1 saturated heterocycles. The van der Waals surface area contributed by atoms with E-state index >= 15 is 0 Å². The third-order valence-corrected chi connectivity index (χ3v) is 7.61. The number of hydrogen-bond donors (Lipinski definition) is 0. The van der Waals surface area contributed by atoms with E-state index in [9.17, 15) is 9.59 Å². The van der Waals surface area contributed by atoms with Crippen molar-refractivity contribution in [3.63, 3.8) is 0 Å². The summed E-state index contributed by atoms with van der Waals surface area (Å²) in [6.45, 7) is 1.30. The topological polar surface area (TPSA) is 86.2 Å². The Labute approximate surface area is 183 Å². The first-order valence-corrected chi connectivity index (χ1v) is 11.4. The first kappa shape index (κ1) is 19.1. The van der Waals surface area contributed by atoms with Gasteiger partial charge >= 0.3 is 5.76 Å². The maximum Gasteiger partial charge on any atom is 0.420 e. The van der Waals surface area contributed by atoms with Crippen molar-refractivity contribution in [3.8, 4) is 0 Å². The first-order valence-electron chi connectivity index (χ1n) is 11.0. The number of oxazole rings is 1. The number of fused-ring (bicyclic) bond motifs is 1. The zero-order valence-electron chi connectivity index (χ0n) is 17.2. The van der Waals surface area contributed by atoms with Gasteiger partial charge in [-0.3, -0.25) is 9.36 Å². The van der Waals surface area contributed by atoms with Crippen LogP contribution in [0.4, 0.5) is 0 Å². The summed E-state index contributed by atoms with van der Waals surface area (Å²) in [6.07, 6.45) is 8.77. The van der Waals surface area contributed by atoms with E-state index in [4.69, 9.17) is 16.0 Å². The molecule has 0 bridgehead atoms. The van der Waals surface area contributed by atoms with Crippen LogP contribution in [-0.2, 0) is 11.3 Å². The van der Waals surface area contributed by atoms with Crippen molar-refractivity contribution in [3.05, 3.63) is 45.9 Å². The summed E-state index contributed by atoms with van der Waals surface area (Å²) in [5, 5.41) is 9.20. The molecule has 1 unspecified atom stereocenters. The summed E-state index contributed by atoms with van der Waals surface area (Å²) in [6, 6.07) is 5.53. The van der Waals surface area contributed by atoms with Crippen molar-refractivity contribution >= 4 is 28.6 Å². The number of carbonyl (C=O) groups excluding carboxylic acids is 1. The van der Waals surface area contributed by atoms with Gasteiger partial charge in [0.25, 0.3) is 0 Å². The highest BCUT2D eigenvalue weighted by Crippen LogP contribution is 2.54. The molecule has 1 spiro atoms. The fourth-order valence-corrected chi connectivity index (χ4v) is 5.82. The van der Waals surface area contributed by atoms with Gasteiger partial charge in [-0.05, 0) is 43.2 Å². The molecule has 1 aliphatic heterocycles. The zero-order chi connectivity index (χ0) is 21.2. The molecule has 1 aromatic carbocycles. The number of benzene rings is 1. The van der Waals surface area contributed by atoms with E-state index in [1.807, 2.05) is 11.2 Å². The molecule has 3 aliphatic rings. The van der Waals surface area contributed by atoms with E-state index in [1.165, 1.54) is 30.3 Å². The van der Waals surface area contributed by atoms with Crippen molar-refractivity contribution in [2.45, 2.75) is 57.0 Å². The van der Waals surface area contributed by atoms with Gasteiger partial charge in [0.15, 0.2) is 5.58 Å². The van der Waals surface area contributed by atoms with Gasteiger partial charge in [-0.2, -0.15) is 0 Å². The minimum Gasteiger partial charge on any atom is -0.408 e. The minimum absolute atomic E-state index is 0.0361. The highest BCUT2D eigenvalue weighted by Gasteiger charge is 2.52. The molecule has 0 radical (unpaired) electrons. The van der Waals surface area contributed by atoms with Gasteiger partial charge < -0.3 is 13.9 Å². The monoisotopic (exact) mass is 441 g/mol. The lowest BCUT2D eigenvalue weighted by atomic mass is 9.76. The predicted molar refractivity (Wildman–Crippen MR) is 114 cm³/mol. The number of likely N-dealkylation sites (tertiary alicyclic amines) is 1. The van der Waals surface area contributed by atoms with E-state index in [1.54, 1.807) is 18.2 Å². The number of aromatic nitrogens is 4. The van der Waals surface area contributed by atoms with Gasteiger partial charge in [-0.25, -0.2) is 4.79 Å². The van der Waals surface area contributed by atoms with Crippen LogP contribution in [0, 0.1) is 5.41 Å². The molecule has 2 saturated carbocycles. The maximum absolute atomic E-state index is 13.3. The predicted octanol–water partition coefficient (Wildman–Crippen LogP) is 3.36. The molecule has 1 atom stereocenters. The van der Waals surface area contributed by atoms with E-state index in [0.29, 0.717) is 35.3 Å². The average molecular weight is 442 g/mol. The summed E-state index contributed by atoms with van der Waals surface area (Å²) in [5.74, 6) is 0.621. The van der Waals surface area contributed by atoms with Gasteiger partial charge in [-0.15, -0.1) is 10.2 Å². The van der Waals surface area contributed by atoms with Crippen molar-refractivity contribution < 1.29 is 9.21 Å². The largest absolute Gasteiger partial charge is 0.420 e.